The SMILES string of the molecule is CCC(OC1C(O)[C@H](CO)O[C@@H]1n1cc(C)c(=O)n(COCc2ccccc2)c1=O)S(=O)(=O)O.[H-].[Na+]. The number of rotatable bonds is 10. The van der Waals surface area contributed by atoms with Gasteiger partial charge in [0.25, 0.3) is 15.7 Å². The largest absolute Gasteiger partial charge is 1.00 e. The van der Waals surface area contributed by atoms with Crippen LogP contribution in [0.3, 0.4) is 0 Å². The molecule has 1 fully saturated rings. The van der Waals surface area contributed by atoms with Gasteiger partial charge in [0.15, 0.2) is 11.7 Å². The van der Waals surface area contributed by atoms with Gasteiger partial charge in [-0.1, -0.05) is 37.3 Å². The molecule has 190 valence electrons. The second-order valence-electron chi connectivity index (χ2n) is 7.89. The summed E-state index contributed by atoms with van der Waals surface area (Å²) in [6.07, 6.45) is -4.52. The zero-order chi connectivity index (χ0) is 25.0. The summed E-state index contributed by atoms with van der Waals surface area (Å²) in [6.45, 7) is 2.03. The smallest absolute Gasteiger partial charge is 1.00 e. The van der Waals surface area contributed by atoms with Crippen molar-refractivity contribution in [2.45, 2.75) is 63.6 Å². The predicted molar refractivity (Wildman–Crippen MR) is 120 cm³/mol. The summed E-state index contributed by atoms with van der Waals surface area (Å²) in [4.78, 5) is 25.8. The van der Waals surface area contributed by atoms with E-state index in [0.717, 1.165) is 14.7 Å². The van der Waals surface area contributed by atoms with E-state index in [1.165, 1.54) is 20.0 Å². The first kappa shape index (κ1) is 29.8. The average Bonchev–Trinajstić information content (AvgIpc) is 3.11. The number of aromatic nitrogens is 2. The summed E-state index contributed by atoms with van der Waals surface area (Å²) < 4.78 is 51.1. The van der Waals surface area contributed by atoms with E-state index in [2.05, 4.69) is 0 Å². The Kier molecular flexibility index (Phi) is 10.8. The fraction of sp³-hybridized carbons (Fsp3) is 0.524. The Balaban J connectivity index is 0.00000324. The second kappa shape index (κ2) is 12.7. The van der Waals surface area contributed by atoms with Crippen LogP contribution in [-0.4, -0.2) is 62.7 Å². The second-order valence-corrected chi connectivity index (χ2v) is 9.45. The Bertz CT molecular complexity index is 1210. The fourth-order valence-electron chi connectivity index (χ4n) is 3.68. The van der Waals surface area contributed by atoms with Crippen LogP contribution in [0.4, 0.5) is 0 Å². The summed E-state index contributed by atoms with van der Waals surface area (Å²) in [6, 6.07) is 9.12. The van der Waals surface area contributed by atoms with Crippen molar-refractivity contribution < 1.29 is 68.4 Å². The first-order chi connectivity index (χ1) is 16.1. The Hall–Kier alpha value is -1.39. The van der Waals surface area contributed by atoms with Crippen LogP contribution in [0, 0.1) is 6.92 Å². The first-order valence-corrected chi connectivity index (χ1v) is 12.1. The molecule has 1 aromatic carbocycles. The molecule has 2 aromatic rings. The summed E-state index contributed by atoms with van der Waals surface area (Å²) in [5.74, 6) is 0. The molecule has 0 saturated carbocycles. The summed E-state index contributed by atoms with van der Waals surface area (Å²) in [7, 11) is -4.64. The number of aliphatic hydroxyl groups excluding tert-OH is 2. The van der Waals surface area contributed by atoms with Gasteiger partial charge >= 0.3 is 35.2 Å². The molecular formula is C21H29N2NaO10S. The molecule has 14 heteroatoms. The number of aliphatic hydroxyl groups is 2. The minimum atomic E-state index is -4.64. The molecule has 0 radical (unpaired) electrons. The molecule has 0 amide bonds. The monoisotopic (exact) mass is 524 g/mol. The number of hydrogen-bond donors (Lipinski definition) is 3. The minimum absolute atomic E-state index is 0. The molecular weight excluding hydrogens is 495 g/mol. The molecule has 0 bridgehead atoms. The van der Waals surface area contributed by atoms with Crippen molar-refractivity contribution in [3.63, 3.8) is 0 Å². The van der Waals surface area contributed by atoms with Crippen molar-refractivity contribution in [1.82, 2.24) is 9.13 Å². The van der Waals surface area contributed by atoms with E-state index in [4.69, 9.17) is 14.2 Å². The Labute approximate surface area is 225 Å². The van der Waals surface area contributed by atoms with Crippen molar-refractivity contribution in [2.75, 3.05) is 6.61 Å². The normalized spacial score (nSPS) is 23.1. The Morgan fingerprint density at radius 3 is 2.46 bits per heavy atom. The van der Waals surface area contributed by atoms with E-state index in [0.29, 0.717) is 0 Å². The van der Waals surface area contributed by atoms with Gasteiger partial charge < -0.3 is 25.9 Å². The molecule has 1 aliphatic heterocycles. The topological polar surface area (TPSA) is 167 Å². The Morgan fingerprint density at radius 2 is 1.89 bits per heavy atom. The standard InChI is InChI=1S/C21H28N2O10S.Na.H/c1-3-16(34(28,29)30)33-18-17(25)15(10-24)32-20(18)22-9-13(2)19(26)23(21(22)27)12-31-11-14-7-5-4-6-8-14;;/h4-9,15-18,20,24-25H,3,10-12H2,1-2H3,(H,28,29,30);;/q;+1;-1/t15-,16?,17?,18?,20-;;/m0../s1. The number of hydrogen-bond acceptors (Lipinski definition) is 9. The third-order valence-corrected chi connectivity index (χ3v) is 6.55. The van der Waals surface area contributed by atoms with Crippen LogP contribution in [-0.2, 0) is 37.7 Å². The van der Waals surface area contributed by atoms with Crippen LogP contribution in [0.5, 0.6) is 0 Å². The molecule has 5 atom stereocenters. The number of nitrogens with zero attached hydrogens (tertiary/aromatic N) is 2. The van der Waals surface area contributed by atoms with Crippen molar-refractivity contribution >= 4 is 10.1 Å². The van der Waals surface area contributed by atoms with Gasteiger partial charge in [0.05, 0.1) is 13.2 Å². The van der Waals surface area contributed by atoms with Crippen molar-refractivity contribution in [3.05, 3.63) is 68.5 Å². The van der Waals surface area contributed by atoms with Crippen LogP contribution in [0.2, 0.25) is 0 Å². The van der Waals surface area contributed by atoms with E-state index in [-0.39, 0.29) is 56.3 Å². The number of benzene rings is 1. The van der Waals surface area contributed by atoms with Gasteiger partial charge in [-0.05, 0) is 18.9 Å². The van der Waals surface area contributed by atoms with Gasteiger partial charge in [0.1, 0.15) is 25.0 Å². The summed E-state index contributed by atoms with van der Waals surface area (Å²) in [5.41, 5.74) is -2.18. The molecule has 3 unspecified atom stereocenters. The number of ether oxygens (including phenoxy) is 3. The molecule has 3 rings (SSSR count). The van der Waals surface area contributed by atoms with Crippen LogP contribution in [0.15, 0.2) is 46.1 Å². The van der Waals surface area contributed by atoms with E-state index in [1.807, 2.05) is 30.3 Å². The van der Waals surface area contributed by atoms with Crippen LogP contribution in [0.25, 0.3) is 0 Å². The molecule has 1 aliphatic rings. The molecule has 0 aliphatic carbocycles. The van der Waals surface area contributed by atoms with Gasteiger partial charge in [-0.25, -0.2) is 9.36 Å². The summed E-state index contributed by atoms with van der Waals surface area (Å²) in [5, 5.41) is 20.1. The maximum Gasteiger partial charge on any atom is 1.00 e. The zero-order valence-electron chi connectivity index (χ0n) is 20.7. The summed E-state index contributed by atoms with van der Waals surface area (Å²) >= 11 is 0. The minimum Gasteiger partial charge on any atom is -1.00 e. The van der Waals surface area contributed by atoms with Crippen molar-refractivity contribution in [2.24, 2.45) is 0 Å². The molecule has 1 saturated heterocycles. The predicted octanol–water partition coefficient (Wildman–Crippen LogP) is -3.13. The quantitative estimate of drug-likeness (QED) is 0.214. The van der Waals surface area contributed by atoms with E-state index in [1.54, 1.807) is 0 Å². The third kappa shape index (κ3) is 6.89. The van der Waals surface area contributed by atoms with Gasteiger partial charge in [0, 0.05) is 11.8 Å². The fourth-order valence-corrected chi connectivity index (χ4v) is 4.37. The van der Waals surface area contributed by atoms with Crippen molar-refractivity contribution in [3.8, 4) is 0 Å². The molecule has 12 nitrogen and oxygen atoms in total. The van der Waals surface area contributed by atoms with Crippen molar-refractivity contribution in [1.29, 1.82) is 0 Å². The molecule has 0 spiro atoms. The van der Waals surface area contributed by atoms with Gasteiger partial charge in [0.2, 0.25) is 0 Å². The van der Waals surface area contributed by atoms with E-state index in [9.17, 15) is 32.8 Å². The van der Waals surface area contributed by atoms with Gasteiger partial charge in [-0.3, -0.25) is 13.9 Å². The van der Waals surface area contributed by atoms with Crippen LogP contribution >= 0.6 is 0 Å². The van der Waals surface area contributed by atoms with Gasteiger partial charge in [-0.2, -0.15) is 8.42 Å². The van der Waals surface area contributed by atoms with Crippen LogP contribution in [0.1, 0.15) is 32.1 Å². The zero-order valence-corrected chi connectivity index (χ0v) is 22.5. The van der Waals surface area contributed by atoms with Crippen LogP contribution < -0.4 is 40.8 Å². The Morgan fingerprint density at radius 1 is 1.23 bits per heavy atom. The average molecular weight is 525 g/mol. The van der Waals surface area contributed by atoms with Gasteiger partial charge in [-0.15, -0.1) is 0 Å². The van der Waals surface area contributed by atoms with E-state index >= 15 is 0 Å². The first-order valence-electron chi connectivity index (χ1n) is 10.6. The number of aryl methyl sites for hydroxylation is 1. The molecule has 3 N–H and O–H groups in total. The molecule has 1 aromatic heterocycles. The van der Waals surface area contributed by atoms with E-state index < -0.39 is 57.9 Å². The molecule has 35 heavy (non-hydrogen) atoms. The molecule has 2 heterocycles. The maximum atomic E-state index is 13.2. The third-order valence-electron chi connectivity index (χ3n) is 5.44. The maximum absolute atomic E-state index is 13.2.